The van der Waals surface area contributed by atoms with E-state index in [0.29, 0.717) is 19.4 Å². The molecule has 0 aliphatic heterocycles. The third kappa shape index (κ3) is 51.6. The van der Waals surface area contributed by atoms with Gasteiger partial charge in [-0.05, 0) is 57.8 Å². The summed E-state index contributed by atoms with van der Waals surface area (Å²) in [4.78, 5) is 24.5. The summed E-state index contributed by atoms with van der Waals surface area (Å²) < 4.78 is 5.47. The molecule has 6 nitrogen and oxygen atoms in total. The maximum Gasteiger partial charge on any atom is 0.305 e. The zero-order chi connectivity index (χ0) is 47.2. The molecule has 1 amide bonds. The molecular formula is C59H113NO5. The summed E-state index contributed by atoms with van der Waals surface area (Å²) in [6.07, 6.45) is 66.3. The summed E-state index contributed by atoms with van der Waals surface area (Å²) in [5.41, 5.74) is 0. The van der Waals surface area contributed by atoms with Gasteiger partial charge in [0.15, 0.2) is 0 Å². The van der Waals surface area contributed by atoms with Gasteiger partial charge in [-0.25, -0.2) is 0 Å². The van der Waals surface area contributed by atoms with Gasteiger partial charge in [-0.15, -0.1) is 0 Å². The highest BCUT2D eigenvalue weighted by atomic mass is 16.5. The molecule has 0 saturated heterocycles. The van der Waals surface area contributed by atoms with Crippen molar-refractivity contribution < 1.29 is 24.5 Å². The zero-order valence-electron chi connectivity index (χ0n) is 43.7. The number of ether oxygens (including phenoxy) is 1. The third-order valence-corrected chi connectivity index (χ3v) is 13.5. The molecule has 0 bridgehead atoms. The number of rotatable bonds is 54. The van der Waals surface area contributed by atoms with Crippen molar-refractivity contribution in [1.82, 2.24) is 5.32 Å². The highest BCUT2D eigenvalue weighted by Gasteiger charge is 2.18. The Morgan fingerprint density at radius 2 is 0.723 bits per heavy atom. The van der Waals surface area contributed by atoms with E-state index >= 15 is 0 Å². The number of unbranched alkanes of at least 4 members (excludes halogenated alkanes) is 41. The maximum absolute atomic E-state index is 12.4. The van der Waals surface area contributed by atoms with E-state index in [4.69, 9.17) is 4.74 Å². The van der Waals surface area contributed by atoms with Crippen molar-refractivity contribution in [2.24, 2.45) is 0 Å². The van der Waals surface area contributed by atoms with Crippen molar-refractivity contribution in [3.63, 3.8) is 0 Å². The molecule has 0 aromatic heterocycles. The average Bonchev–Trinajstić information content (AvgIpc) is 3.31. The van der Waals surface area contributed by atoms with Crippen LogP contribution in [0.15, 0.2) is 24.3 Å². The lowest BCUT2D eigenvalue weighted by Gasteiger charge is -2.20. The molecule has 2 unspecified atom stereocenters. The summed E-state index contributed by atoms with van der Waals surface area (Å²) in [7, 11) is 0. The molecule has 2 atom stereocenters. The highest BCUT2D eigenvalue weighted by Crippen LogP contribution is 2.17. The number of amides is 1. The molecule has 3 N–H and O–H groups in total. The van der Waals surface area contributed by atoms with Gasteiger partial charge in [0.1, 0.15) is 0 Å². The van der Waals surface area contributed by atoms with E-state index in [-0.39, 0.29) is 18.5 Å². The quantitative estimate of drug-likeness (QED) is 0.0321. The van der Waals surface area contributed by atoms with E-state index in [9.17, 15) is 19.8 Å². The number of hydrogen-bond donors (Lipinski definition) is 3. The highest BCUT2D eigenvalue weighted by molar-refractivity contribution is 5.76. The number of nitrogens with one attached hydrogen (secondary N) is 1. The Bertz CT molecular complexity index is 1010. The summed E-state index contributed by atoms with van der Waals surface area (Å²) >= 11 is 0. The van der Waals surface area contributed by atoms with Crippen LogP contribution in [0, 0.1) is 0 Å². The monoisotopic (exact) mass is 916 g/mol. The first-order valence-corrected chi connectivity index (χ1v) is 29.1. The van der Waals surface area contributed by atoms with E-state index < -0.39 is 12.1 Å². The van der Waals surface area contributed by atoms with E-state index in [1.165, 1.54) is 238 Å². The molecule has 0 heterocycles. The molecule has 0 spiro atoms. The number of aliphatic hydroxyl groups excluding tert-OH is 2. The minimum Gasteiger partial charge on any atom is -0.466 e. The zero-order valence-corrected chi connectivity index (χ0v) is 43.7. The van der Waals surface area contributed by atoms with Crippen LogP contribution in [0.4, 0.5) is 0 Å². The van der Waals surface area contributed by atoms with Gasteiger partial charge in [0.05, 0.1) is 25.4 Å². The smallest absolute Gasteiger partial charge is 0.305 e. The Kier molecular flexibility index (Phi) is 53.5. The van der Waals surface area contributed by atoms with Gasteiger partial charge >= 0.3 is 5.97 Å². The van der Waals surface area contributed by atoms with Crippen molar-refractivity contribution in [3.8, 4) is 0 Å². The molecule has 0 aromatic carbocycles. The summed E-state index contributed by atoms with van der Waals surface area (Å²) in [6.45, 7) is 4.90. The second-order valence-electron chi connectivity index (χ2n) is 20.0. The SMILES string of the molecule is CCCCCCCCCCCCCCC/C=C/C(O)C(CO)NC(=O)CCCCCCCCC/C=C\CCCCCCCCCCOC(=O)CCCCCCCCCCCCCCCC. The van der Waals surface area contributed by atoms with E-state index in [1.54, 1.807) is 6.08 Å². The van der Waals surface area contributed by atoms with Crippen molar-refractivity contribution in [3.05, 3.63) is 24.3 Å². The minimum absolute atomic E-state index is 0.00554. The maximum atomic E-state index is 12.4. The van der Waals surface area contributed by atoms with Gasteiger partial charge in [-0.3, -0.25) is 9.59 Å². The fourth-order valence-corrected chi connectivity index (χ4v) is 8.98. The molecule has 0 aromatic rings. The molecule has 0 rings (SSSR count). The predicted octanol–water partition coefficient (Wildman–Crippen LogP) is 17.9. The first-order chi connectivity index (χ1) is 32.0. The summed E-state index contributed by atoms with van der Waals surface area (Å²) in [6, 6.07) is -0.634. The lowest BCUT2D eigenvalue weighted by Crippen LogP contribution is -2.45. The second kappa shape index (κ2) is 54.9. The summed E-state index contributed by atoms with van der Waals surface area (Å²) in [5, 5.41) is 23.1. The van der Waals surface area contributed by atoms with Crippen LogP contribution in [0.25, 0.3) is 0 Å². The van der Waals surface area contributed by atoms with Crippen molar-refractivity contribution in [2.45, 2.75) is 328 Å². The molecule has 65 heavy (non-hydrogen) atoms. The molecule has 6 heteroatoms. The molecular weight excluding hydrogens is 803 g/mol. The number of esters is 1. The van der Waals surface area contributed by atoms with Crippen LogP contribution < -0.4 is 5.32 Å². The molecule has 0 fully saturated rings. The van der Waals surface area contributed by atoms with Gasteiger partial charge in [0.25, 0.3) is 0 Å². The summed E-state index contributed by atoms with van der Waals surface area (Å²) in [5.74, 6) is -0.0709. The van der Waals surface area contributed by atoms with Crippen LogP contribution in [0.3, 0.4) is 0 Å². The minimum atomic E-state index is -0.850. The van der Waals surface area contributed by atoms with Crippen LogP contribution in [0.1, 0.15) is 316 Å². The molecule has 0 aliphatic rings. The molecule has 384 valence electrons. The van der Waals surface area contributed by atoms with E-state index in [2.05, 4.69) is 31.3 Å². The Labute approximate surface area is 405 Å². The largest absolute Gasteiger partial charge is 0.466 e. The number of carbonyl (C=O) groups is 2. The van der Waals surface area contributed by atoms with Gasteiger partial charge < -0.3 is 20.3 Å². The predicted molar refractivity (Wildman–Crippen MR) is 283 cm³/mol. The van der Waals surface area contributed by atoms with Crippen LogP contribution in [-0.4, -0.2) is 47.4 Å². The Morgan fingerprint density at radius 3 is 1.09 bits per heavy atom. The fourth-order valence-electron chi connectivity index (χ4n) is 8.98. The van der Waals surface area contributed by atoms with Crippen LogP contribution in [0.2, 0.25) is 0 Å². The number of allylic oxidation sites excluding steroid dienone is 3. The number of hydrogen-bond acceptors (Lipinski definition) is 5. The number of aliphatic hydroxyl groups is 2. The average molecular weight is 917 g/mol. The topological polar surface area (TPSA) is 95.9 Å². The van der Waals surface area contributed by atoms with Gasteiger partial charge in [0, 0.05) is 12.8 Å². The van der Waals surface area contributed by atoms with Crippen LogP contribution >= 0.6 is 0 Å². The van der Waals surface area contributed by atoms with Crippen molar-refractivity contribution >= 4 is 11.9 Å². The van der Waals surface area contributed by atoms with Crippen LogP contribution in [-0.2, 0) is 14.3 Å². The van der Waals surface area contributed by atoms with Gasteiger partial charge in [-0.2, -0.15) is 0 Å². The third-order valence-electron chi connectivity index (χ3n) is 13.5. The van der Waals surface area contributed by atoms with Gasteiger partial charge in [0.2, 0.25) is 5.91 Å². The lowest BCUT2D eigenvalue weighted by atomic mass is 10.0. The van der Waals surface area contributed by atoms with Crippen molar-refractivity contribution in [2.75, 3.05) is 13.2 Å². The van der Waals surface area contributed by atoms with Crippen molar-refractivity contribution in [1.29, 1.82) is 0 Å². The van der Waals surface area contributed by atoms with Crippen LogP contribution in [0.5, 0.6) is 0 Å². The van der Waals surface area contributed by atoms with E-state index in [0.717, 1.165) is 51.4 Å². The molecule has 0 aliphatic carbocycles. The van der Waals surface area contributed by atoms with Gasteiger partial charge in [-0.1, -0.05) is 269 Å². The number of carbonyl (C=O) groups excluding carboxylic acids is 2. The first-order valence-electron chi connectivity index (χ1n) is 29.1. The fraction of sp³-hybridized carbons (Fsp3) is 0.898. The van der Waals surface area contributed by atoms with E-state index in [1.807, 2.05) is 6.08 Å². The Balaban J connectivity index is 3.46. The molecule has 0 radical (unpaired) electrons. The lowest BCUT2D eigenvalue weighted by molar-refractivity contribution is -0.143. The molecule has 0 saturated carbocycles. The first kappa shape index (κ1) is 63.3. The Hall–Kier alpha value is -1.66. The normalized spacial score (nSPS) is 12.7. The standard InChI is InChI=1S/C59H113NO5/c1-3-5-7-9-11-13-15-17-24-27-31-35-39-43-47-51-57(62)56(55-61)60-58(63)52-48-44-40-36-32-28-25-22-20-19-21-23-26-30-34-38-42-46-50-54-65-59(64)53-49-45-41-37-33-29-18-16-14-12-10-8-6-4-2/h19-20,47,51,56-57,61-62H,3-18,21-46,48-50,52-55H2,1-2H3,(H,60,63)/b20-19-,51-47+. The second-order valence-corrected chi connectivity index (χ2v) is 20.0. The Morgan fingerprint density at radius 1 is 0.415 bits per heavy atom.